The number of hydrogen-bond acceptors (Lipinski definition) is 3. The number of benzene rings is 2. The van der Waals surface area contributed by atoms with Gasteiger partial charge in [-0.05, 0) is 55.2 Å². The second kappa shape index (κ2) is 7.43. The molecule has 0 spiro atoms. The van der Waals surface area contributed by atoms with Crippen LogP contribution >= 0.6 is 11.6 Å². The molecule has 0 atom stereocenters. The molecule has 0 radical (unpaired) electrons. The van der Waals surface area contributed by atoms with Crippen molar-refractivity contribution >= 4 is 32.7 Å². The Kier molecular flexibility index (Phi) is 5.27. The monoisotopic (exact) mass is 379 g/mol. The first kappa shape index (κ1) is 17.7. The summed E-state index contributed by atoms with van der Waals surface area (Å²) in [4.78, 5) is 16.5. The van der Waals surface area contributed by atoms with Crippen molar-refractivity contribution in [2.45, 2.75) is 24.2 Å². The van der Waals surface area contributed by atoms with Crippen LogP contribution in [0.5, 0.6) is 0 Å². The fourth-order valence-corrected chi connectivity index (χ4v) is 3.80. The number of aryl methyl sites for hydroxylation is 1. The fourth-order valence-electron chi connectivity index (χ4n) is 2.57. The van der Waals surface area contributed by atoms with Gasteiger partial charge in [0.05, 0.1) is 15.9 Å². The Labute approximate surface area is 150 Å². The van der Waals surface area contributed by atoms with Crippen LogP contribution in [0.4, 0.5) is 0 Å². The van der Waals surface area contributed by atoms with Gasteiger partial charge in [0.15, 0.2) is 0 Å². The molecule has 0 unspecified atom stereocenters. The lowest BCUT2D eigenvalue weighted by Crippen LogP contribution is -2.24. The minimum atomic E-state index is -3.60. The summed E-state index contributed by atoms with van der Waals surface area (Å²) in [5.41, 5.74) is 1.86. The first-order chi connectivity index (χ1) is 11.9. The number of sulfonamides is 1. The SMILES string of the molecule is O=c1[nH]c2ccc(S(=O)(=O)NCCCCc3ccc(Cl)cc3)cc2[nH]1. The van der Waals surface area contributed by atoms with E-state index in [2.05, 4.69) is 14.7 Å². The minimum absolute atomic E-state index is 0.132. The quantitative estimate of drug-likeness (QED) is 0.551. The molecule has 3 aromatic rings. The largest absolute Gasteiger partial charge is 0.323 e. The highest BCUT2D eigenvalue weighted by Gasteiger charge is 2.14. The van der Waals surface area contributed by atoms with Crippen LogP contribution in [0, 0.1) is 0 Å². The summed E-state index contributed by atoms with van der Waals surface area (Å²) >= 11 is 5.84. The number of hydrogen-bond donors (Lipinski definition) is 3. The highest BCUT2D eigenvalue weighted by Crippen LogP contribution is 2.15. The number of fused-ring (bicyclic) bond motifs is 1. The second-order valence-electron chi connectivity index (χ2n) is 5.77. The van der Waals surface area contributed by atoms with Crippen molar-refractivity contribution in [2.24, 2.45) is 0 Å². The molecule has 1 heterocycles. The number of halogens is 1. The van der Waals surface area contributed by atoms with Crippen molar-refractivity contribution in [3.8, 4) is 0 Å². The van der Waals surface area contributed by atoms with Crippen molar-refractivity contribution in [3.05, 3.63) is 63.5 Å². The Morgan fingerprint density at radius 1 is 0.960 bits per heavy atom. The van der Waals surface area contributed by atoms with Crippen molar-refractivity contribution in [2.75, 3.05) is 6.54 Å². The zero-order chi connectivity index (χ0) is 17.9. The van der Waals surface area contributed by atoms with Gasteiger partial charge in [-0.25, -0.2) is 17.9 Å². The van der Waals surface area contributed by atoms with E-state index in [1.54, 1.807) is 6.07 Å². The molecule has 3 N–H and O–H groups in total. The molecule has 6 nitrogen and oxygen atoms in total. The molecule has 0 aliphatic heterocycles. The average Bonchev–Trinajstić information content (AvgIpc) is 2.95. The number of aromatic amines is 2. The van der Waals surface area contributed by atoms with Crippen molar-refractivity contribution < 1.29 is 8.42 Å². The molecule has 0 bridgehead atoms. The molecule has 3 rings (SSSR count). The van der Waals surface area contributed by atoms with Crippen molar-refractivity contribution in [1.82, 2.24) is 14.7 Å². The van der Waals surface area contributed by atoms with Crippen LogP contribution in [0.15, 0.2) is 52.2 Å². The van der Waals surface area contributed by atoms with Gasteiger partial charge in [0, 0.05) is 11.6 Å². The normalized spacial score (nSPS) is 11.9. The van der Waals surface area contributed by atoms with Crippen molar-refractivity contribution in [3.63, 3.8) is 0 Å². The topological polar surface area (TPSA) is 94.8 Å². The summed E-state index contributed by atoms with van der Waals surface area (Å²) in [5, 5.41) is 0.706. The van der Waals surface area contributed by atoms with E-state index in [0.29, 0.717) is 22.6 Å². The molecule has 8 heteroatoms. The number of H-pyrrole nitrogens is 2. The predicted molar refractivity (Wildman–Crippen MR) is 98.5 cm³/mol. The average molecular weight is 380 g/mol. The number of rotatable bonds is 7. The van der Waals surface area contributed by atoms with Crippen LogP contribution in [-0.2, 0) is 16.4 Å². The van der Waals surface area contributed by atoms with Crippen LogP contribution in [0.25, 0.3) is 11.0 Å². The maximum Gasteiger partial charge on any atom is 0.323 e. The van der Waals surface area contributed by atoms with Crippen LogP contribution < -0.4 is 10.4 Å². The van der Waals surface area contributed by atoms with E-state index in [-0.39, 0.29) is 10.6 Å². The first-order valence-corrected chi connectivity index (χ1v) is 9.76. The number of aromatic nitrogens is 2. The predicted octanol–water partition coefficient (Wildman–Crippen LogP) is 2.81. The van der Waals surface area contributed by atoms with Gasteiger partial charge in [-0.1, -0.05) is 23.7 Å². The van der Waals surface area contributed by atoms with E-state index in [1.165, 1.54) is 17.7 Å². The number of nitrogens with one attached hydrogen (secondary N) is 3. The van der Waals surface area contributed by atoms with Gasteiger partial charge in [0.25, 0.3) is 0 Å². The Balaban J connectivity index is 1.54. The summed E-state index contributed by atoms with van der Waals surface area (Å²) in [5.74, 6) is 0. The molecule has 0 aliphatic rings. The van der Waals surface area contributed by atoms with Crippen LogP contribution in [0.2, 0.25) is 5.02 Å². The maximum atomic E-state index is 12.3. The molecule has 0 amide bonds. The standard InChI is InChI=1S/C17H18ClN3O3S/c18-13-6-4-12(5-7-13)3-1-2-10-19-25(23,24)14-8-9-15-16(11-14)21-17(22)20-15/h4-9,11,19H,1-3,10H2,(H2,20,21,22). The van der Waals surface area contributed by atoms with Gasteiger partial charge in [-0.2, -0.15) is 0 Å². The molecule has 2 aromatic carbocycles. The smallest absolute Gasteiger partial charge is 0.306 e. The Morgan fingerprint density at radius 2 is 1.68 bits per heavy atom. The van der Waals surface area contributed by atoms with Crippen LogP contribution in [-0.4, -0.2) is 24.9 Å². The Morgan fingerprint density at radius 3 is 2.44 bits per heavy atom. The van der Waals surface area contributed by atoms with Gasteiger partial charge in [0.1, 0.15) is 0 Å². The molecule has 0 saturated heterocycles. The summed E-state index contributed by atoms with van der Waals surface area (Å²) < 4.78 is 27.2. The van der Waals surface area contributed by atoms with Gasteiger partial charge in [0.2, 0.25) is 10.0 Å². The Bertz CT molecular complexity index is 1020. The Hall–Kier alpha value is -2.09. The van der Waals surface area contributed by atoms with Gasteiger partial charge in [-0.3, -0.25) is 0 Å². The highest BCUT2D eigenvalue weighted by atomic mass is 35.5. The fraction of sp³-hybridized carbons (Fsp3) is 0.235. The second-order valence-corrected chi connectivity index (χ2v) is 7.97. The third kappa shape index (κ3) is 4.50. The molecular formula is C17H18ClN3O3S. The summed E-state index contributed by atoms with van der Waals surface area (Å²) in [6.07, 6.45) is 2.47. The van der Waals surface area contributed by atoms with E-state index in [4.69, 9.17) is 11.6 Å². The van der Waals surface area contributed by atoms with E-state index >= 15 is 0 Å². The lowest BCUT2D eigenvalue weighted by atomic mass is 10.1. The number of unbranched alkanes of at least 4 members (excludes halogenated alkanes) is 1. The molecule has 0 saturated carbocycles. The van der Waals surface area contributed by atoms with Gasteiger partial charge < -0.3 is 9.97 Å². The zero-order valence-electron chi connectivity index (χ0n) is 13.4. The van der Waals surface area contributed by atoms with Crippen LogP contribution in [0.1, 0.15) is 18.4 Å². The molecule has 0 fully saturated rings. The summed E-state index contributed by atoms with van der Waals surface area (Å²) in [6.45, 7) is 0.359. The lowest BCUT2D eigenvalue weighted by molar-refractivity contribution is 0.577. The molecule has 1 aromatic heterocycles. The molecular weight excluding hydrogens is 362 g/mol. The van der Waals surface area contributed by atoms with E-state index in [0.717, 1.165) is 19.3 Å². The third-order valence-electron chi connectivity index (χ3n) is 3.90. The third-order valence-corrected chi connectivity index (χ3v) is 5.61. The van der Waals surface area contributed by atoms with Crippen LogP contribution in [0.3, 0.4) is 0 Å². The summed E-state index contributed by atoms with van der Waals surface area (Å²) in [7, 11) is -3.60. The minimum Gasteiger partial charge on any atom is -0.306 e. The maximum absolute atomic E-state index is 12.3. The number of imidazole rings is 1. The zero-order valence-corrected chi connectivity index (χ0v) is 15.0. The highest BCUT2D eigenvalue weighted by molar-refractivity contribution is 7.89. The van der Waals surface area contributed by atoms with E-state index in [9.17, 15) is 13.2 Å². The van der Waals surface area contributed by atoms with Crippen molar-refractivity contribution in [1.29, 1.82) is 0 Å². The van der Waals surface area contributed by atoms with Gasteiger partial charge in [-0.15, -0.1) is 0 Å². The van der Waals surface area contributed by atoms with E-state index < -0.39 is 10.0 Å². The molecule has 25 heavy (non-hydrogen) atoms. The summed E-state index contributed by atoms with van der Waals surface area (Å²) in [6, 6.07) is 12.1. The molecule has 0 aliphatic carbocycles. The van der Waals surface area contributed by atoms with Gasteiger partial charge >= 0.3 is 5.69 Å². The first-order valence-electron chi connectivity index (χ1n) is 7.90. The lowest BCUT2D eigenvalue weighted by Gasteiger charge is -2.07. The molecule has 132 valence electrons. The van der Waals surface area contributed by atoms with E-state index in [1.807, 2.05) is 24.3 Å².